The van der Waals surface area contributed by atoms with Gasteiger partial charge in [-0.2, -0.15) is 5.10 Å². The summed E-state index contributed by atoms with van der Waals surface area (Å²) in [5.74, 6) is 0.0339. The van der Waals surface area contributed by atoms with E-state index in [2.05, 4.69) is 41.2 Å². The predicted octanol–water partition coefficient (Wildman–Crippen LogP) is 2.70. The zero-order valence-corrected chi connectivity index (χ0v) is 17.5. The van der Waals surface area contributed by atoms with Crippen molar-refractivity contribution in [3.63, 3.8) is 0 Å². The normalized spacial score (nSPS) is 25.5. The van der Waals surface area contributed by atoms with Gasteiger partial charge in [0.15, 0.2) is 0 Å². The highest BCUT2D eigenvalue weighted by atomic mass is 16.3. The van der Waals surface area contributed by atoms with Gasteiger partial charge in [-0.05, 0) is 38.7 Å². The Labute approximate surface area is 173 Å². The standard InChI is InChI=1S/C23H32N4O2/c1-3-27-15-20(13-24-27)22(29)26-11-4-10-23(17-26)16-25(12-9-21(23)28)14-19-7-5-18(2)6-8-19/h5-8,13,15,21,28H,3-4,9-12,14,16-17H2,1-2H3/t21-,23-/m1/s1. The largest absolute Gasteiger partial charge is 0.392 e. The van der Waals surface area contributed by atoms with Gasteiger partial charge < -0.3 is 10.0 Å². The van der Waals surface area contributed by atoms with Crippen molar-refractivity contribution in [1.82, 2.24) is 19.6 Å². The Morgan fingerprint density at radius 2 is 2.03 bits per heavy atom. The number of aliphatic hydroxyl groups excluding tert-OH is 1. The van der Waals surface area contributed by atoms with Crippen molar-refractivity contribution in [2.45, 2.75) is 52.3 Å². The molecule has 156 valence electrons. The summed E-state index contributed by atoms with van der Waals surface area (Å²) in [6.45, 7) is 8.87. The van der Waals surface area contributed by atoms with Crippen LogP contribution in [0.3, 0.4) is 0 Å². The zero-order valence-electron chi connectivity index (χ0n) is 17.5. The number of hydrogen-bond acceptors (Lipinski definition) is 4. The van der Waals surface area contributed by atoms with Crippen LogP contribution < -0.4 is 0 Å². The third-order valence-corrected chi connectivity index (χ3v) is 6.59. The molecule has 6 nitrogen and oxygen atoms in total. The van der Waals surface area contributed by atoms with Crippen molar-refractivity contribution in [2.75, 3.05) is 26.2 Å². The van der Waals surface area contributed by atoms with E-state index in [1.54, 1.807) is 10.9 Å². The van der Waals surface area contributed by atoms with E-state index in [1.165, 1.54) is 11.1 Å². The Bertz CT molecular complexity index is 847. The Hall–Kier alpha value is -2.18. The van der Waals surface area contributed by atoms with E-state index in [1.807, 2.05) is 18.0 Å². The van der Waals surface area contributed by atoms with Gasteiger partial charge in [0.2, 0.25) is 0 Å². The molecular formula is C23H32N4O2. The third kappa shape index (κ3) is 4.23. The van der Waals surface area contributed by atoms with E-state index in [-0.39, 0.29) is 17.4 Å². The second-order valence-corrected chi connectivity index (χ2v) is 8.78. The molecule has 0 saturated carbocycles. The zero-order chi connectivity index (χ0) is 20.4. The first kappa shape index (κ1) is 20.1. The lowest BCUT2D eigenvalue weighted by Crippen LogP contribution is -2.59. The summed E-state index contributed by atoms with van der Waals surface area (Å²) in [4.78, 5) is 17.4. The highest BCUT2D eigenvalue weighted by Crippen LogP contribution is 2.39. The molecule has 2 aromatic rings. The number of aromatic nitrogens is 2. The minimum absolute atomic E-state index is 0.0339. The topological polar surface area (TPSA) is 61.6 Å². The molecular weight excluding hydrogens is 364 g/mol. The Balaban J connectivity index is 1.47. The fourth-order valence-electron chi connectivity index (χ4n) is 4.89. The molecule has 2 atom stereocenters. The number of rotatable bonds is 4. The van der Waals surface area contributed by atoms with Crippen molar-refractivity contribution in [1.29, 1.82) is 0 Å². The van der Waals surface area contributed by atoms with Crippen LogP contribution in [0.2, 0.25) is 0 Å². The molecule has 0 bridgehead atoms. The third-order valence-electron chi connectivity index (χ3n) is 6.59. The van der Waals surface area contributed by atoms with Crippen molar-refractivity contribution in [2.24, 2.45) is 5.41 Å². The van der Waals surface area contributed by atoms with Gasteiger partial charge in [-0.25, -0.2) is 0 Å². The van der Waals surface area contributed by atoms with Crippen molar-refractivity contribution >= 4 is 5.91 Å². The van der Waals surface area contributed by atoms with Crippen LogP contribution in [0.4, 0.5) is 0 Å². The lowest BCUT2D eigenvalue weighted by Gasteiger charge is -2.51. The molecule has 1 N–H and O–H groups in total. The summed E-state index contributed by atoms with van der Waals surface area (Å²) in [5, 5.41) is 15.2. The highest BCUT2D eigenvalue weighted by Gasteiger charge is 2.46. The highest BCUT2D eigenvalue weighted by molar-refractivity contribution is 5.93. The van der Waals surface area contributed by atoms with Crippen LogP contribution in [-0.2, 0) is 13.1 Å². The number of hydrogen-bond donors (Lipinski definition) is 1. The monoisotopic (exact) mass is 396 g/mol. The molecule has 1 aromatic carbocycles. The summed E-state index contributed by atoms with van der Waals surface area (Å²) in [6.07, 6.45) is 5.80. The fourth-order valence-corrected chi connectivity index (χ4v) is 4.89. The molecule has 2 saturated heterocycles. The minimum Gasteiger partial charge on any atom is -0.392 e. The smallest absolute Gasteiger partial charge is 0.257 e. The predicted molar refractivity (Wildman–Crippen MR) is 113 cm³/mol. The van der Waals surface area contributed by atoms with Crippen LogP contribution in [0.1, 0.15) is 47.7 Å². The molecule has 3 heterocycles. The average molecular weight is 397 g/mol. The Morgan fingerprint density at radius 3 is 2.76 bits per heavy atom. The fraction of sp³-hybridized carbons (Fsp3) is 0.565. The van der Waals surface area contributed by atoms with E-state index in [0.717, 1.165) is 52.0 Å². The Morgan fingerprint density at radius 1 is 1.24 bits per heavy atom. The van der Waals surface area contributed by atoms with Crippen LogP contribution in [0, 0.1) is 12.3 Å². The maximum Gasteiger partial charge on any atom is 0.257 e. The molecule has 0 unspecified atom stereocenters. The molecule has 0 aliphatic carbocycles. The van der Waals surface area contributed by atoms with Gasteiger partial charge >= 0.3 is 0 Å². The SMILES string of the molecule is CCn1cc(C(=O)N2CCC[C@@]3(CN(Cc4ccc(C)cc4)CC[C@H]3O)C2)cn1. The summed E-state index contributed by atoms with van der Waals surface area (Å²) in [7, 11) is 0. The number of amides is 1. The van der Waals surface area contributed by atoms with Gasteiger partial charge in [-0.3, -0.25) is 14.4 Å². The van der Waals surface area contributed by atoms with Crippen molar-refractivity contribution in [3.8, 4) is 0 Å². The Kier molecular flexibility index (Phi) is 5.74. The molecule has 2 fully saturated rings. The van der Waals surface area contributed by atoms with E-state index in [0.29, 0.717) is 12.1 Å². The first-order chi connectivity index (χ1) is 14.0. The quantitative estimate of drug-likeness (QED) is 0.863. The molecule has 6 heteroatoms. The van der Waals surface area contributed by atoms with Gasteiger partial charge in [-0.1, -0.05) is 29.8 Å². The van der Waals surface area contributed by atoms with E-state index in [9.17, 15) is 9.90 Å². The summed E-state index contributed by atoms with van der Waals surface area (Å²) < 4.78 is 1.78. The average Bonchev–Trinajstić information content (AvgIpc) is 3.21. The molecule has 1 amide bonds. The number of carbonyl (C=O) groups is 1. The maximum atomic E-state index is 13.0. The van der Waals surface area contributed by atoms with E-state index >= 15 is 0 Å². The summed E-state index contributed by atoms with van der Waals surface area (Å²) in [5.41, 5.74) is 2.98. The van der Waals surface area contributed by atoms with Crippen LogP contribution in [0.25, 0.3) is 0 Å². The molecule has 0 radical (unpaired) electrons. The van der Waals surface area contributed by atoms with Crippen LogP contribution in [-0.4, -0.2) is 62.9 Å². The molecule has 1 aromatic heterocycles. The molecule has 29 heavy (non-hydrogen) atoms. The van der Waals surface area contributed by atoms with Crippen LogP contribution in [0.15, 0.2) is 36.7 Å². The summed E-state index contributed by atoms with van der Waals surface area (Å²) in [6, 6.07) is 8.69. The number of carbonyl (C=O) groups excluding carboxylic acids is 1. The number of aryl methyl sites for hydroxylation is 2. The first-order valence-corrected chi connectivity index (χ1v) is 10.8. The lowest BCUT2D eigenvalue weighted by atomic mass is 9.71. The second kappa shape index (κ2) is 8.28. The van der Waals surface area contributed by atoms with Gasteiger partial charge in [0.1, 0.15) is 0 Å². The minimum atomic E-state index is -0.356. The van der Waals surface area contributed by atoms with E-state index < -0.39 is 0 Å². The van der Waals surface area contributed by atoms with Gasteiger partial charge in [0.05, 0.1) is 17.9 Å². The molecule has 4 rings (SSSR count). The maximum absolute atomic E-state index is 13.0. The van der Waals surface area contributed by atoms with Crippen LogP contribution in [0.5, 0.6) is 0 Å². The lowest BCUT2D eigenvalue weighted by molar-refractivity contribution is -0.0805. The number of likely N-dealkylation sites (tertiary alicyclic amines) is 2. The first-order valence-electron chi connectivity index (χ1n) is 10.8. The number of aliphatic hydroxyl groups is 1. The van der Waals surface area contributed by atoms with Gasteiger partial charge in [0.25, 0.3) is 5.91 Å². The second-order valence-electron chi connectivity index (χ2n) is 8.78. The van der Waals surface area contributed by atoms with Crippen molar-refractivity contribution < 1.29 is 9.90 Å². The molecule has 2 aliphatic rings. The van der Waals surface area contributed by atoms with Crippen LogP contribution >= 0.6 is 0 Å². The van der Waals surface area contributed by atoms with Gasteiger partial charge in [-0.15, -0.1) is 0 Å². The van der Waals surface area contributed by atoms with Gasteiger partial charge in [0, 0.05) is 50.9 Å². The van der Waals surface area contributed by atoms with E-state index in [4.69, 9.17) is 0 Å². The number of piperidine rings is 2. The summed E-state index contributed by atoms with van der Waals surface area (Å²) >= 11 is 0. The molecule has 1 spiro atoms. The number of benzene rings is 1. The van der Waals surface area contributed by atoms with Crippen molar-refractivity contribution in [3.05, 3.63) is 53.3 Å². The number of nitrogens with zero attached hydrogens (tertiary/aromatic N) is 4. The molecule has 2 aliphatic heterocycles.